The third-order valence-corrected chi connectivity index (χ3v) is 4.43. The zero-order valence-corrected chi connectivity index (χ0v) is 16.1. The summed E-state index contributed by atoms with van der Waals surface area (Å²) in [5.74, 6) is -4.19. The molecule has 1 atom stereocenters. The number of halogens is 9. The lowest BCUT2D eigenvalue weighted by atomic mass is 9.90. The molecule has 1 N–H and O–H groups in total. The molecule has 0 fully saturated rings. The molecule has 3 nitrogen and oxygen atoms in total. The summed E-state index contributed by atoms with van der Waals surface area (Å²) in [6.07, 6.45) is -15.2. The molecule has 0 aromatic heterocycles. The molecular weight excluding hydrogens is 459 g/mol. The van der Waals surface area contributed by atoms with Gasteiger partial charge in [-0.05, 0) is 41.8 Å². The Kier molecular flexibility index (Phi) is 7.05. The molecule has 2 aromatic carbocycles. The van der Waals surface area contributed by atoms with Gasteiger partial charge in [0.2, 0.25) is 0 Å². The molecule has 1 unspecified atom stereocenters. The third kappa shape index (κ3) is 6.07. The summed E-state index contributed by atoms with van der Waals surface area (Å²) in [5.41, 5.74) is -4.13. The molecule has 0 aliphatic rings. The predicted octanol–water partition coefficient (Wildman–Crippen LogP) is 6.91. The second-order valence-corrected chi connectivity index (χ2v) is 6.72. The average Bonchev–Trinajstić information content (AvgIpc) is 2.64. The van der Waals surface area contributed by atoms with Crippen LogP contribution in [-0.4, -0.2) is 23.9 Å². The lowest BCUT2D eigenvalue weighted by Gasteiger charge is -2.22. The SMILES string of the molecule is CCC(C(=O)O)c1cc(-c2ccc(C(F)(F)F)cc2)c(OCC(F)(F)F)c(C(F)(F)F)c1. The number of benzene rings is 2. The Balaban J connectivity index is 2.80. The van der Waals surface area contributed by atoms with Gasteiger partial charge < -0.3 is 9.84 Å². The Bertz CT molecular complexity index is 958. The summed E-state index contributed by atoms with van der Waals surface area (Å²) in [7, 11) is 0. The minimum absolute atomic E-state index is 0.151. The van der Waals surface area contributed by atoms with Gasteiger partial charge in [0.05, 0.1) is 17.0 Å². The molecule has 12 heteroatoms. The monoisotopic (exact) mass is 474 g/mol. The molecule has 0 heterocycles. The summed E-state index contributed by atoms with van der Waals surface area (Å²) >= 11 is 0. The number of rotatable bonds is 6. The van der Waals surface area contributed by atoms with Gasteiger partial charge in [-0.2, -0.15) is 39.5 Å². The Morgan fingerprint density at radius 3 is 1.91 bits per heavy atom. The molecule has 0 radical (unpaired) electrons. The highest BCUT2D eigenvalue weighted by Gasteiger charge is 2.39. The van der Waals surface area contributed by atoms with Crippen molar-refractivity contribution in [3.8, 4) is 16.9 Å². The van der Waals surface area contributed by atoms with E-state index in [0.29, 0.717) is 18.2 Å². The van der Waals surface area contributed by atoms with Crippen molar-refractivity contribution in [2.75, 3.05) is 6.61 Å². The molecule has 0 saturated carbocycles. The van der Waals surface area contributed by atoms with Crippen LogP contribution in [0.1, 0.15) is 36.0 Å². The van der Waals surface area contributed by atoms with Crippen LogP contribution in [0.5, 0.6) is 5.75 Å². The largest absolute Gasteiger partial charge is 0.483 e. The Morgan fingerprint density at radius 1 is 0.938 bits per heavy atom. The van der Waals surface area contributed by atoms with Crippen LogP contribution in [0, 0.1) is 0 Å². The zero-order chi connectivity index (χ0) is 24.5. The van der Waals surface area contributed by atoms with Gasteiger partial charge in [0.25, 0.3) is 0 Å². The highest BCUT2D eigenvalue weighted by Crippen LogP contribution is 2.45. The van der Waals surface area contributed by atoms with Crippen LogP contribution in [0.15, 0.2) is 36.4 Å². The minimum atomic E-state index is -5.24. The van der Waals surface area contributed by atoms with Gasteiger partial charge in [-0.15, -0.1) is 0 Å². The molecule has 0 aliphatic carbocycles. The van der Waals surface area contributed by atoms with Crippen molar-refractivity contribution in [2.45, 2.75) is 37.8 Å². The highest BCUT2D eigenvalue weighted by atomic mass is 19.4. The maximum absolute atomic E-state index is 13.7. The van der Waals surface area contributed by atoms with E-state index in [2.05, 4.69) is 4.74 Å². The van der Waals surface area contributed by atoms with Crippen molar-refractivity contribution in [1.29, 1.82) is 0 Å². The summed E-state index contributed by atoms with van der Waals surface area (Å²) in [6.45, 7) is -0.725. The van der Waals surface area contributed by atoms with E-state index < -0.39 is 59.5 Å². The normalized spacial score (nSPS) is 13.7. The summed E-state index contributed by atoms with van der Waals surface area (Å²) in [6, 6.07) is 3.87. The van der Waals surface area contributed by atoms with Crippen LogP contribution < -0.4 is 4.74 Å². The Hall–Kier alpha value is -2.92. The van der Waals surface area contributed by atoms with Crippen molar-refractivity contribution in [2.24, 2.45) is 0 Å². The van der Waals surface area contributed by atoms with Gasteiger partial charge in [0, 0.05) is 5.56 Å². The zero-order valence-electron chi connectivity index (χ0n) is 16.1. The molecule has 0 spiro atoms. The van der Waals surface area contributed by atoms with Crippen LogP contribution in [-0.2, 0) is 17.1 Å². The topological polar surface area (TPSA) is 46.5 Å². The van der Waals surface area contributed by atoms with E-state index in [1.165, 1.54) is 6.92 Å². The maximum Gasteiger partial charge on any atom is 0.422 e. The number of alkyl halides is 9. The van der Waals surface area contributed by atoms with E-state index in [9.17, 15) is 49.4 Å². The summed E-state index contributed by atoms with van der Waals surface area (Å²) < 4.78 is 122. The van der Waals surface area contributed by atoms with Gasteiger partial charge in [-0.3, -0.25) is 4.79 Å². The number of carbonyl (C=O) groups is 1. The second kappa shape index (κ2) is 8.91. The first-order chi connectivity index (χ1) is 14.5. The Labute approximate surface area is 175 Å². The van der Waals surface area contributed by atoms with Gasteiger partial charge in [-0.25, -0.2) is 0 Å². The van der Waals surface area contributed by atoms with Crippen molar-refractivity contribution in [3.63, 3.8) is 0 Å². The minimum Gasteiger partial charge on any atom is -0.483 e. The van der Waals surface area contributed by atoms with E-state index in [0.717, 1.165) is 18.2 Å². The van der Waals surface area contributed by atoms with E-state index in [4.69, 9.17) is 0 Å². The number of hydrogen-bond donors (Lipinski definition) is 1. The first-order valence-corrected chi connectivity index (χ1v) is 8.89. The fraction of sp³-hybridized carbons (Fsp3) is 0.350. The molecule has 0 saturated heterocycles. The van der Waals surface area contributed by atoms with E-state index >= 15 is 0 Å². The predicted molar refractivity (Wildman–Crippen MR) is 94.1 cm³/mol. The van der Waals surface area contributed by atoms with Gasteiger partial charge >= 0.3 is 24.5 Å². The van der Waals surface area contributed by atoms with Gasteiger partial charge in [0.15, 0.2) is 6.61 Å². The molecule has 0 bridgehead atoms. The standard InChI is InChI=1S/C20H15F9O3/c1-2-13(17(30)31)11-7-14(10-3-5-12(6-4-10)19(24,25)26)16(32-9-18(21,22)23)15(8-11)20(27,28)29/h3-8,13H,2,9H2,1H3,(H,30,31). The van der Waals surface area contributed by atoms with Gasteiger partial charge in [0.1, 0.15) is 5.75 Å². The molecule has 2 aromatic rings. The lowest BCUT2D eigenvalue weighted by molar-refractivity contribution is -0.158. The second-order valence-electron chi connectivity index (χ2n) is 6.72. The number of carboxylic acid groups (broad SMARTS) is 1. The molecule has 32 heavy (non-hydrogen) atoms. The van der Waals surface area contributed by atoms with Crippen LogP contribution in [0.3, 0.4) is 0 Å². The van der Waals surface area contributed by atoms with Crippen LogP contribution in [0.2, 0.25) is 0 Å². The molecule has 0 amide bonds. The highest BCUT2D eigenvalue weighted by molar-refractivity contribution is 5.80. The molecule has 2 rings (SSSR count). The van der Waals surface area contributed by atoms with Gasteiger partial charge in [-0.1, -0.05) is 19.1 Å². The smallest absolute Gasteiger partial charge is 0.422 e. The summed E-state index contributed by atoms with van der Waals surface area (Å²) in [5, 5.41) is 9.30. The quantitative estimate of drug-likeness (QED) is 0.463. The molecule has 176 valence electrons. The van der Waals surface area contributed by atoms with Crippen LogP contribution in [0.25, 0.3) is 11.1 Å². The molecular formula is C20H15F9O3. The van der Waals surface area contributed by atoms with Crippen LogP contribution >= 0.6 is 0 Å². The number of ether oxygens (including phenoxy) is 1. The molecule has 0 aliphatic heterocycles. The number of carboxylic acids is 1. The Morgan fingerprint density at radius 2 is 1.50 bits per heavy atom. The number of aliphatic carboxylic acids is 1. The summed E-state index contributed by atoms with van der Waals surface area (Å²) in [4.78, 5) is 11.5. The van der Waals surface area contributed by atoms with Crippen molar-refractivity contribution < 1.29 is 54.2 Å². The van der Waals surface area contributed by atoms with E-state index in [1.807, 2.05) is 0 Å². The van der Waals surface area contributed by atoms with Crippen LogP contribution in [0.4, 0.5) is 39.5 Å². The first kappa shape index (κ1) is 25.3. The fourth-order valence-electron chi connectivity index (χ4n) is 2.98. The number of hydrogen-bond acceptors (Lipinski definition) is 2. The maximum atomic E-state index is 13.7. The van der Waals surface area contributed by atoms with Crippen molar-refractivity contribution in [3.05, 3.63) is 53.1 Å². The van der Waals surface area contributed by atoms with E-state index in [1.54, 1.807) is 0 Å². The van der Waals surface area contributed by atoms with Crippen molar-refractivity contribution in [1.82, 2.24) is 0 Å². The third-order valence-electron chi connectivity index (χ3n) is 4.43. The first-order valence-electron chi connectivity index (χ1n) is 8.89. The average molecular weight is 474 g/mol. The van der Waals surface area contributed by atoms with E-state index in [-0.39, 0.29) is 17.5 Å². The van der Waals surface area contributed by atoms with Crippen molar-refractivity contribution >= 4 is 5.97 Å². The fourth-order valence-corrected chi connectivity index (χ4v) is 2.98. The lowest BCUT2D eigenvalue weighted by Crippen LogP contribution is -2.22.